The quantitative estimate of drug-likeness (QED) is 0.624. The average molecular weight is 367 g/mol. The Kier molecular flexibility index (Phi) is 4.37. The zero-order valence-electron chi connectivity index (χ0n) is 14.8. The van der Waals surface area contributed by atoms with Gasteiger partial charge >= 0.3 is 0 Å². The lowest BCUT2D eigenvalue weighted by atomic mass is 10.2. The zero-order chi connectivity index (χ0) is 18.8. The molecule has 0 spiro atoms. The second kappa shape index (κ2) is 6.99. The van der Waals surface area contributed by atoms with Crippen LogP contribution in [0.25, 0.3) is 0 Å². The Morgan fingerprint density at radius 3 is 2.96 bits per heavy atom. The van der Waals surface area contributed by atoms with Crippen LogP contribution in [0.5, 0.6) is 11.5 Å². The van der Waals surface area contributed by atoms with E-state index in [1.807, 2.05) is 25.1 Å². The van der Waals surface area contributed by atoms with Crippen LogP contribution in [0.3, 0.4) is 0 Å². The highest BCUT2D eigenvalue weighted by molar-refractivity contribution is 5.70. The number of halogens is 1. The van der Waals surface area contributed by atoms with Crippen molar-refractivity contribution in [1.82, 2.24) is 9.97 Å². The number of fused-ring (bicyclic) bond motifs is 1. The molecule has 1 aliphatic heterocycles. The lowest BCUT2D eigenvalue weighted by molar-refractivity contribution is 0.372. The molecule has 0 saturated carbocycles. The summed E-state index contributed by atoms with van der Waals surface area (Å²) in [6.07, 6.45) is 1.67. The van der Waals surface area contributed by atoms with Crippen molar-refractivity contribution in [2.45, 2.75) is 6.92 Å². The number of ether oxygens (including phenoxy) is 2. The molecule has 0 unspecified atom stereocenters. The molecule has 0 amide bonds. The number of hydrogen-bond donors (Lipinski definition) is 3. The number of hydrogen-bond acceptors (Lipinski definition) is 7. The SMILES string of the molecule is COc1cccc(Nc2ncc(C)c(Nc3ccc4c(c3)NCO4)n2)c1F. The topological polar surface area (TPSA) is 80.3 Å². The smallest absolute Gasteiger partial charge is 0.229 e. The van der Waals surface area contributed by atoms with E-state index in [0.29, 0.717) is 12.5 Å². The summed E-state index contributed by atoms with van der Waals surface area (Å²) in [5, 5.41) is 9.29. The van der Waals surface area contributed by atoms with Gasteiger partial charge in [0.2, 0.25) is 5.95 Å². The maximum atomic E-state index is 14.3. The van der Waals surface area contributed by atoms with Crippen molar-refractivity contribution in [3.05, 3.63) is 54.0 Å². The van der Waals surface area contributed by atoms with Gasteiger partial charge in [-0.25, -0.2) is 9.37 Å². The van der Waals surface area contributed by atoms with Crippen LogP contribution in [-0.4, -0.2) is 23.8 Å². The number of methoxy groups -OCH3 is 1. The number of benzene rings is 2. The Balaban J connectivity index is 1.58. The van der Waals surface area contributed by atoms with Crippen LogP contribution in [0.2, 0.25) is 0 Å². The molecule has 1 aromatic heterocycles. The minimum atomic E-state index is -0.497. The van der Waals surface area contributed by atoms with Gasteiger partial charge < -0.3 is 25.4 Å². The van der Waals surface area contributed by atoms with Crippen LogP contribution in [0, 0.1) is 12.7 Å². The Morgan fingerprint density at radius 2 is 2.11 bits per heavy atom. The van der Waals surface area contributed by atoms with E-state index >= 15 is 0 Å². The molecular formula is C19H18FN5O2. The third-order valence-electron chi connectivity index (χ3n) is 4.13. The fraction of sp³-hybridized carbons (Fsp3) is 0.158. The summed E-state index contributed by atoms with van der Waals surface area (Å²) >= 11 is 0. The molecule has 2 heterocycles. The Hall–Kier alpha value is -3.55. The van der Waals surface area contributed by atoms with Crippen LogP contribution in [0.15, 0.2) is 42.6 Å². The first-order valence-electron chi connectivity index (χ1n) is 8.35. The van der Waals surface area contributed by atoms with Crippen molar-refractivity contribution in [1.29, 1.82) is 0 Å². The van der Waals surface area contributed by atoms with Crippen molar-refractivity contribution < 1.29 is 13.9 Å². The number of aromatic nitrogens is 2. The predicted octanol–water partition coefficient (Wildman–Crippen LogP) is 4.18. The minimum absolute atomic E-state index is 0.151. The van der Waals surface area contributed by atoms with Crippen LogP contribution in [-0.2, 0) is 0 Å². The van der Waals surface area contributed by atoms with Gasteiger partial charge in [0.25, 0.3) is 0 Å². The van der Waals surface area contributed by atoms with Gasteiger partial charge in [0.05, 0.1) is 18.5 Å². The molecule has 0 bridgehead atoms. The lowest BCUT2D eigenvalue weighted by Gasteiger charge is -2.12. The van der Waals surface area contributed by atoms with Crippen LogP contribution in [0.4, 0.5) is 33.2 Å². The second-order valence-corrected chi connectivity index (χ2v) is 5.97. The van der Waals surface area contributed by atoms with E-state index in [1.54, 1.807) is 24.4 Å². The minimum Gasteiger partial charge on any atom is -0.494 e. The van der Waals surface area contributed by atoms with Crippen molar-refractivity contribution in [2.24, 2.45) is 0 Å². The van der Waals surface area contributed by atoms with Crippen molar-refractivity contribution in [3.8, 4) is 11.5 Å². The molecule has 27 heavy (non-hydrogen) atoms. The first-order chi connectivity index (χ1) is 13.1. The monoisotopic (exact) mass is 367 g/mol. The molecule has 3 N–H and O–H groups in total. The summed E-state index contributed by atoms with van der Waals surface area (Å²) in [6.45, 7) is 2.36. The van der Waals surface area contributed by atoms with Crippen molar-refractivity contribution in [3.63, 3.8) is 0 Å². The first-order valence-corrected chi connectivity index (χ1v) is 8.35. The van der Waals surface area contributed by atoms with E-state index in [0.717, 1.165) is 22.7 Å². The zero-order valence-corrected chi connectivity index (χ0v) is 14.8. The van der Waals surface area contributed by atoms with Gasteiger partial charge in [-0.05, 0) is 37.3 Å². The standard InChI is InChI=1S/C19H18FN5O2/c1-11-9-21-19(24-13-4-3-5-16(26-2)17(13)20)25-18(11)23-12-6-7-15-14(8-12)22-10-27-15/h3-9,22H,10H2,1-2H3,(H2,21,23,24,25). The molecule has 0 atom stereocenters. The molecule has 8 heteroatoms. The van der Waals surface area contributed by atoms with E-state index in [9.17, 15) is 4.39 Å². The van der Waals surface area contributed by atoms with Gasteiger partial charge in [-0.15, -0.1) is 0 Å². The van der Waals surface area contributed by atoms with Crippen LogP contribution >= 0.6 is 0 Å². The van der Waals surface area contributed by atoms with E-state index in [2.05, 4.69) is 25.9 Å². The van der Waals surface area contributed by atoms with Gasteiger partial charge in [-0.3, -0.25) is 0 Å². The van der Waals surface area contributed by atoms with Gasteiger partial charge in [0.1, 0.15) is 11.6 Å². The highest BCUT2D eigenvalue weighted by Crippen LogP contribution is 2.33. The Labute approximate surface area is 155 Å². The van der Waals surface area contributed by atoms with E-state index in [-0.39, 0.29) is 17.4 Å². The van der Waals surface area contributed by atoms with Crippen molar-refractivity contribution >= 4 is 28.8 Å². The molecule has 4 rings (SSSR count). The molecule has 3 aromatic rings. The summed E-state index contributed by atoms with van der Waals surface area (Å²) in [6, 6.07) is 10.6. The summed E-state index contributed by atoms with van der Waals surface area (Å²) in [5.74, 6) is 1.37. The van der Waals surface area contributed by atoms with E-state index in [4.69, 9.17) is 9.47 Å². The molecule has 1 aliphatic rings. The molecule has 0 radical (unpaired) electrons. The summed E-state index contributed by atoms with van der Waals surface area (Å²) in [4.78, 5) is 8.69. The molecule has 0 saturated heterocycles. The number of rotatable bonds is 5. The molecule has 7 nitrogen and oxygen atoms in total. The third kappa shape index (κ3) is 3.41. The molecule has 0 fully saturated rings. The summed E-state index contributed by atoms with van der Waals surface area (Å²) in [7, 11) is 1.42. The van der Waals surface area contributed by atoms with E-state index in [1.165, 1.54) is 7.11 Å². The predicted molar refractivity (Wildman–Crippen MR) is 102 cm³/mol. The number of aryl methyl sites for hydroxylation is 1. The third-order valence-corrected chi connectivity index (χ3v) is 4.13. The number of nitrogens with zero attached hydrogens (tertiary/aromatic N) is 2. The summed E-state index contributed by atoms with van der Waals surface area (Å²) in [5.41, 5.74) is 2.87. The van der Waals surface area contributed by atoms with Gasteiger partial charge in [-0.1, -0.05) is 6.07 Å². The second-order valence-electron chi connectivity index (χ2n) is 5.97. The average Bonchev–Trinajstić information content (AvgIpc) is 3.14. The van der Waals surface area contributed by atoms with Gasteiger partial charge in [0.15, 0.2) is 18.3 Å². The largest absolute Gasteiger partial charge is 0.494 e. The van der Waals surface area contributed by atoms with Crippen molar-refractivity contribution in [2.75, 3.05) is 29.8 Å². The maximum Gasteiger partial charge on any atom is 0.229 e. The highest BCUT2D eigenvalue weighted by atomic mass is 19.1. The van der Waals surface area contributed by atoms with Gasteiger partial charge in [-0.2, -0.15) is 4.98 Å². The molecule has 0 aliphatic carbocycles. The van der Waals surface area contributed by atoms with Gasteiger partial charge in [0, 0.05) is 17.4 Å². The van der Waals surface area contributed by atoms with Crippen LogP contribution < -0.4 is 25.4 Å². The normalized spacial score (nSPS) is 12.0. The molecular weight excluding hydrogens is 349 g/mol. The first kappa shape index (κ1) is 16.9. The Bertz CT molecular complexity index is 996. The fourth-order valence-corrected chi connectivity index (χ4v) is 2.71. The van der Waals surface area contributed by atoms with Crippen LogP contribution in [0.1, 0.15) is 5.56 Å². The molecule has 138 valence electrons. The van der Waals surface area contributed by atoms with E-state index < -0.39 is 5.82 Å². The maximum absolute atomic E-state index is 14.3. The highest BCUT2D eigenvalue weighted by Gasteiger charge is 2.13. The number of anilines is 5. The number of nitrogens with one attached hydrogen (secondary N) is 3. The summed E-state index contributed by atoms with van der Waals surface area (Å²) < 4.78 is 24.8. The Morgan fingerprint density at radius 1 is 1.22 bits per heavy atom. The lowest BCUT2D eigenvalue weighted by Crippen LogP contribution is -2.04. The fourth-order valence-electron chi connectivity index (χ4n) is 2.71. The molecule has 2 aromatic carbocycles.